The third-order valence-corrected chi connectivity index (χ3v) is 7.24. The van der Waals surface area contributed by atoms with Gasteiger partial charge in [-0.15, -0.1) is 0 Å². The Labute approximate surface area is 198 Å². The zero-order chi connectivity index (χ0) is 24.1. The van der Waals surface area contributed by atoms with Crippen LogP contribution in [-0.2, 0) is 10.0 Å². The average Bonchev–Trinajstić information content (AvgIpc) is 3.31. The molecule has 1 saturated heterocycles. The van der Waals surface area contributed by atoms with Crippen molar-refractivity contribution in [3.05, 3.63) is 60.6 Å². The molecule has 1 aliphatic rings. The van der Waals surface area contributed by atoms with Crippen molar-refractivity contribution in [3.8, 4) is 11.3 Å². The Bertz CT molecular complexity index is 1250. The molecule has 1 atom stereocenters. The van der Waals surface area contributed by atoms with E-state index in [2.05, 4.69) is 36.8 Å². The first kappa shape index (κ1) is 23.7. The van der Waals surface area contributed by atoms with Crippen LogP contribution < -0.4 is 15.8 Å². The Kier molecular flexibility index (Phi) is 7.15. The van der Waals surface area contributed by atoms with E-state index in [-0.39, 0.29) is 22.4 Å². The molecule has 1 aliphatic heterocycles. The Morgan fingerprint density at radius 3 is 2.68 bits per heavy atom. The van der Waals surface area contributed by atoms with Crippen LogP contribution in [0.1, 0.15) is 30.3 Å². The molecule has 11 heteroatoms. The first-order chi connectivity index (χ1) is 16.4. The van der Waals surface area contributed by atoms with Gasteiger partial charge >= 0.3 is 0 Å². The van der Waals surface area contributed by atoms with Crippen LogP contribution in [0.5, 0.6) is 0 Å². The fourth-order valence-electron chi connectivity index (χ4n) is 3.95. The summed E-state index contributed by atoms with van der Waals surface area (Å²) in [5, 5.41) is 2.63. The number of carbonyl (C=O) groups is 1. The van der Waals surface area contributed by atoms with Gasteiger partial charge in [-0.05, 0) is 50.2 Å². The summed E-state index contributed by atoms with van der Waals surface area (Å²) in [5.41, 5.74) is 6.81. The minimum atomic E-state index is -3.65. The monoisotopic (exact) mass is 481 g/mol. The van der Waals surface area contributed by atoms with E-state index in [1.54, 1.807) is 36.5 Å². The van der Waals surface area contributed by atoms with E-state index in [1.807, 2.05) is 0 Å². The smallest absolute Gasteiger partial charge is 0.279 e. The van der Waals surface area contributed by atoms with E-state index in [9.17, 15) is 13.2 Å². The van der Waals surface area contributed by atoms with Crippen LogP contribution in [-0.4, -0.2) is 59.9 Å². The molecule has 0 bridgehead atoms. The number of likely N-dealkylation sites (N-methyl/N-ethyl adjacent to an activating group) is 1. The zero-order valence-corrected chi connectivity index (χ0v) is 19.6. The summed E-state index contributed by atoms with van der Waals surface area (Å²) in [5.74, 6) is -0.198. The second-order valence-electron chi connectivity index (χ2n) is 7.96. The third-order valence-electron chi connectivity index (χ3n) is 5.80. The predicted molar refractivity (Wildman–Crippen MR) is 130 cm³/mol. The standard InChI is InChI=1S/C23H27N7O3S/c1-2-30-13-5-6-17(30)14-27-34(32,33)18-10-8-16(9-11-18)19-15-26-22(24)21(28-19)23(31)29-20-7-3-4-12-25-20/h3-4,7-12,15,17,27H,2,5-6,13-14H2,1H3,(H2,24,26)(H,25,29,31). The number of nitrogen functional groups attached to an aromatic ring is 1. The van der Waals surface area contributed by atoms with E-state index in [0.717, 1.165) is 25.9 Å². The van der Waals surface area contributed by atoms with Crippen molar-refractivity contribution in [3.63, 3.8) is 0 Å². The second-order valence-corrected chi connectivity index (χ2v) is 9.73. The number of nitrogens with zero attached hydrogens (tertiary/aromatic N) is 4. The minimum Gasteiger partial charge on any atom is -0.382 e. The molecule has 1 fully saturated rings. The number of pyridine rings is 1. The highest BCUT2D eigenvalue weighted by atomic mass is 32.2. The molecule has 0 aliphatic carbocycles. The second kappa shape index (κ2) is 10.2. The Morgan fingerprint density at radius 2 is 1.97 bits per heavy atom. The van der Waals surface area contributed by atoms with Gasteiger partial charge in [-0.1, -0.05) is 25.1 Å². The highest BCUT2D eigenvalue weighted by Crippen LogP contribution is 2.22. The molecule has 0 radical (unpaired) electrons. The molecular weight excluding hydrogens is 454 g/mol. The number of likely N-dealkylation sites (tertiary alicyclic amines) is 1. The number of amides is 1. The molecule has 2 aromatic heterocycles. The molecule has 1 aromatic carbocycles. The third kappa shape index (κ3) is 5.38. The lowest BCUT2D eigenvalue weighted by Crippen LogP contribution is -2.39. The molecular formula is C23H27N7O3S. The molecule has 0 saturated carbocycles. The largest absolute Gasteiger partial charge is 0.382 e. The van der Waals surface area contributed by atoms with Crippen LogP contribution in [0.25, 0.3) is 11.3 Å². The number of rotatable bonds is 8. The summed E-state index contributed by atoms with van der Waals surface area (Å²) in [6.07, 6.45) is 5.06. The van der Waals surface area contributed by atoms with Gasteiger partial charge in [0.05, 0.1) is 16.8 Å². The molecule has 3 heterocycles. The van der Waals surface area contributed by atoms with Crippen LogP contribution in [0.3, 0.4) is 0 Å². The predicted octanol–water partition coefficient (Wildman–Crippen LogP) is 2.14. The SMILES string of the molecule is CCN1CCCC1CNS(=O)(=O)c1ccc(-c2cnc(N)c(C(=O)Nc3ccccn3)n2)cc1. The van der Waals surface area contributed by atoms with Crippen molar-refractivity contribution in [1.29, 1.82) is 0 Å². The summed E-state index contributed by atoms with van der Waals surface area (Å²) < 4.78 is 28.2. The van der Waals surface area contributed by atoms with Gasteiger partial charge in [-0.2, -0.15) is 0 Å². The molecule has 1 unspecified atom stereocenters. The molecule has 3 aromatic rings. The van der Waals surface area contributed by atoms with E-state index in [0.29, 0.717) is 23.6 Å². The van der Waals surface area contributed by atoms with Crippen LogP contribution in [0, 0.1) is 0 Å². The average molecular weight is 482 g/mol. The number of hydrogen-bond acceptors (Lipinski definition) is 8. The summed E-state index contributed by atoms with van der Waals surface area (Å²) in [6, 6.07) is 11.6. The molecule has 0 spiro atoms. The maximum absolute atomic E-state index is 12.8. The summed E-state index contributed by atoms with van der Waals surface area (Å²) >= 11 is 0. The van der Waals surface area contributed by atoms with Gasteiger partial charge in [0.15, 0.2) is 11.5 Å². The maximum Gasteiger partial charge on any atom is 0.279 e. The number of carbonyl (C=O) groups excluding carboxylic acids is 1. The van der Waals surface area contributed by atoms with E-state index < -0.39 is 15.9 Å². The zero-order valence-electron chi connectivity index (χ0n) is 18.8. The van der Waals surface area contributed by atoms with E-state index in [1.165, 1.54) is 18.3 Å². The molecule has 1 amide bonds. The molecule has 178 valence electrons. The van der Waals surface area contributed by atoms with Gasteiger partial charge < -0.3 is 11.1 Å². The molecule has 10 nitrogen and oxygen atoms in total. The number of aromatic nitrogens is 3. The lowest BCUT2D eigenvalue weighted by molar-refractivity contribution is 0.102. The number of hydrogen-bond donors (Lipinski definition) is 3. The summed E-state index contributed by atoms with van der Waals surface area (Å²) in [6.45, 7) is 4.38. The van der Waals surface area contributed by atoms with Crippen LogP contribution in [0.15, 0.2) is 59.8 Å². The highest BCUT2D eigenvalue weighted by molar-refractivity contribution is 7.89. The van der Waals surface area contributed by atoms with Crippen LogP contribution in [0.2, 0.25) is 0 Å². The van der Waals surface area contributed by atoms with Gasteiger partial charge in [0, 0.05) is 24.3 Å². The van der Waals surface area contributed by atoms with Crippen molar-refractivity contribution < 1.29 is 13.2 Å². The Balaban J connectivity index is 1.48. The van der Waals surface area contributed by atoms with Crippen molar-refractivity contribution >= 4 is 27.6 Å². The quantitative estimate of drug-likeness (QED) is 0.444. The number of nitrogens with one attached hydrogen (secondary N) is 2. The minimum absolute atomic E-state index is 0.0198. The number of anilines is 2. The first-order valence-corrected chi connectivity index (χ1v) is 12.5. The van der Waals surface area contributed by atoms with Gasteiger partial charge in [0.2, 0.25) is 10.0 Å². The fraction of sp³-hybridized carbons (Fsp3) is 0.304. The van der Waals surface area contributed by atoms with E-state index >= 15 is 0 Å². The number of sulfonamides is 1. The van der Waals surface area contributed by atoms with Crippen LogP contribution in [0.4, 0.5) is 11.6 Å². The number of benzene rings is 1. The van der Waals surface area contributed by atoms with Gasteiger partial charge in [-0.25, -0.2) is 28.1 Å². The summed E-state index contributed by atoms with van der Waals surface area (Å²) in [4.78, 5) is 27.5. The fourth-order valence-corrected chi connectivity index (χ4v) is 5.03. The lowest BCUT2D eigenvalue weighted by atomic mass is 10.1. The Hall–Kier alpha value is -3.41. The topological polar surface area (TPSA) is 143 Å². The first-order valence-electron chi connectivity index (χ1n) is 11.1. The lowest BCUT2D eigenvalue weighted by Gasteiger charge is -2.22. The number of nitrogens with two attached hydrogens (primary N) is 1. The Morgan fingerprint density at radius 1 is 1.18 bits per heavy atom. The summed E-state index contributed by atoms with van der Waals surface area (Å²) in [7, 11) is -3.65. The maximum atomic E-state index is 12.8. The van der Waals surface area contributed by atoms with Gasteiger partial charge in [0.1, 0.15) is 5.82 Å². The highest BCUT2D eigenvalue weighted by Gasteiger charge is 2.25. The molecule has 4 rings (SSSR count). The van der Waals surface area contributed by atoms with Crippen LogP contribution >= 0.6 is 0 Å². The van der Waals surface area contributed by atoms with Crippen molar-refractivity contribution in [2.24, 2.45) is 0 Å². The van der Waals surface area contributed by atoms with E-state index in [4.69, 9.17) is 5.73 Å². The normalized spacial score (nSPS) is 16.4. The molecule has 34 heavy (non-hydrogen) atoms. The van der Waals surface area contributed by atoms with Crippen molar-refractivity contribution in [2.75, 3.05) is 30.7 Å². The molecule has 4 N–H and O–H groups in total. The van der Waals surface area contributed by atoms with Gasteiger partial charge in [-0.3, -0.25) is 9.69 Å². The van der Waals surface area contributed by atoms with Crippen molar-refractivity contribution in [2.45, 2.75) is 30.7 Å². The van der Waals surface area contributed by atoms with Crippen molar-refractivity contribution in [1.82, 2.24) is 24.6 Å². The van der Waals surface area contributed by atoms with Gasteiger partial charge in [0.25, 0.3) is 5.91 Å².